The first kappa shape index (κ1) is 38.1. The van der Waals surface area contributed by atoms with Crippen LogP contribution in [0.3, 0.4) is 0 Å². The first-order valence-electron chi connectivity index (χ1n) is 21.1. The predicted octanol–water partition coefficient (Wildman–Crippen LogP) is 13.6. The SMILES string of the molecule is c1ccc(-c2nc(-c3ccc(-c4cc(-c5cccnc5)cc(-c5ccccc5-c5nc(-c6ccccc6)nc(-c6ccccc6)n5)c4)cc3)nc(-c3ccc4ccccc4c3)n2)cc1. The maximum absolute atomic E-state index is 5.10. The molecule has 0 bridgehead atoms. The van der Waals surface area contributed by atoms with Crippen LogP contribution in [0.2, 0.25) is 0 Å². The van der Waals surface area contributed by atoms with E-state index in [0.29, 0.717) is 34.9 Å². The summed E-state index contributed by atoms with van der Waals surface area (Å²) in [6.45, 7) is 0. The quantitative estimate of drug-likeness (QED) is 0.143. The van der Waals surface area contributed by atoms with Gasteiger partial charge in [0.2, 0.25) is 0 Å². The molecule has 0 aliphatic heterocycles. The number of rotatable bonds is 9. The third-order valence-electron chi connectivity index (χ3n) is 11.3. The minimum Gasteiger partial charge on any atom is -0.264 e. The van der Waals surface area contributed by atoms with Gasteiger partial charge in [0.15, 0.2) is 34.9 Å². The first-order valence-corrected chi connectivity index (χ1v) is 21.1. The van der Waals surface area contributed by atoms with Crippen molar-refractivity contribution in [2.75, 3.05) is 0 Å². The Balaban J connectivity index is 1.02. The van der Waals surface area contributed by atoms with Crippen molar-refractivity contribution in [3.8, 4) is 102 Å². The minimum absolute atomic E-state index is 0.594. The highest BCUT2D eigenvalue weighted by atomic mass is 15.0. The van der Waals surface area contributed by atoms with Crippen molar-refractivity contribution in [3.63, 3.8) is 0 Å². The van der Waals surface area contributed by atoms with Gasteiger partial charge in [-0.2, -0.15) is 0 Å². The first-order chi connectivity index (χ1) is 31.7. The Kier molecular flexibility index (Phi) is 10.1. The van der Waals surface area contributed by atoms with Gasteiger partial charge in [0.1, 0.15) is 0 Å². The summed E-state index contributed by atoms with van der Waals surface area (Å²) in [5, 5.41) is 2.30. The van der Waals surface area contributed by atoms with Crippen LogP contribution in [-0.2, 0) is 0 Å². The second-order valence-electron chi connectivity index (χ2n) is 15.4. The molecule has 64 heavy (non-hydrogen) atoms. The Bertz CT molecular complexity index is 3360. The number of aromatic nitrogens is 7. The molecule has 0 spiro atoms. The Hall–Kier alpha value is -8.81. The molecule has 7 nitrogen and oxygen atoms in total. The number of hydrogen-bond acceptors (Lipinski definition) is 7. The molecule has 3 aromatic heterocycles. The van der Waals surface area contributed by atoms with Crippen LogP contribution < -0.4 is 0 Å². The van der Waals surface area contributed by atoms with Crippen molar-refractivity contribution in [2.24, 2.45) is 0 Å². The topological polar surface area (TPSA) is 90.2 Å². The molecular formula is C57H37N7. The van der Waals surface area contributed by atoms with E-state index in [4.69, 9.17) is 29.9 Å². The average molecular weight is 820 g/mol. The lowest BCUT2D eigenvalue weighted by Crippen LogP contribution is -2.01. The summed E-state index contributed by atoms with van der Waals surface area (Å²) in [6.07, 6.45) is 3.70. The fourth-order valence-electron chi connectivity index (χ4n) is 8.00. The summed E-state index contributed by atoms with van der Waals surface area (Å²) in [5.41, 5.74) is 11.6. The number of nitrogens with zero attached hydrogens (tertiary/aromatic N) is 7. The predicted molar refractivity (Wildman–Crippen MR) is 257 cm³/mol. The molecule has 11 aromatic rings. The van der Waals surface area contributed by atoms with Gasteiger partial charge in [0, 0.05) is 51.3 Å². The Morgan fingerprint density at radius 2 is 0.625 bits per heavy atom. The van der Waals surface area contributed by atoms with E-state index in [-0.39, 0.29) is 0 Å². The van der Waals surface area contributed by atoms with Gasteiger partial charge in [-0.15, -0.1) is 0 Å². The van der Waals surface area contributed by atoms with E-state index in [9.17, 15) is 0 Å². The van der Waals surface area contributed by atoms with Crippen LogP contribution in [0.4, 0.5) is 0 Å². The molecule has 0 saturated heterocycles. The third kappa shape index (κ3) is 7.81. The summed E-state index contributed by atoms with van der Waals surface area (Å²) in [4.78, 5) is 34.7. The summed E-state index contributed by atoms with van der Waals surface area (Å²) < 4.78 is 0. The lowest BCUT2D eigenvalue weighted by atomic mass is 9.91. The standard InChI is InChI=1S/C57H37N7/c1-4-16-40(17-5-1)52-59-55(62-56(61-52)45-31-28-38-15-10-11-22-44(38)33-45)43-29-26-39(27-30-43)47-34-48(46-23-14-32-58-37-46)36-49(35-47)50-24-12-13-25-51(50)57-63-53(41-18-6-2-7-19-41)60-54(64-57)42-20-8-3-9-21-42/h1-37H. The Morgan fingerprint density at radius 3 is 1.19 bits per heavy atom. The van der Waals surface area contributed by atoms with E-state index in [1.54, 1.807) is 6.20 Å². The molecule has 0 aliphatic rings. The van der Waals surface area contributed by atoms with E-state index in [1.807, 2.05) is 109 Å². The van der Waals surface area contributed by atoms with Crippen LogP contribution in [0.25, 0.3) is 112 Å². The van der Waals surface area contributed by atoms with Gasteiger partial charge in [-0.05, 0) is 68.9 Å². The van der Waals surface area contributed by atoms with Gasteiger partial charge in [-0.1, -0.05) is 182 Å². The Labute approximate surface area is 370 Å². The van der Waals surface area contributed by atoms with Gasteiger partial charge in [-0.25, -0.2) is 29.9 Å². The minimum atomic E-state index is 0.594. The summed E-state index contributed by atoms with van der Waals surface area (Å²) >= 11 is 0. The molecule has 3 heterocycles. The second kappa shape index (κ2) is 16.9. The van der Waals surface area contributed by atoms with Crippen molar-refractivity contribution in [1.82, 2.24) is 34.9 Å². The van der Waals surface area contributed by atoms with Crippen molar-refractivity contribution < 1.29 is 0 Å². The highest BCUT2D eigenvalue weighted by molar-refractivity contribution is 5.89. The van der Waals surface area contributed by atoms with Gasteiger partial charge in [0.05, 0.1) is 0 Å². The molecule has 0 fully saturated rings. The molecule has 0 unspecified atom stereocenters. The van der Waals surface area contributed by atoms with Crippen molar-refractivity contribution in [1.29, 1.82) is 0 Å². The zero-order chi connectivity index (χ0) is 42.7. The second-order valence-corrected chi connectivity index (χ2v) is 15.4. The van der Waals surface area contributed by atoms with E-state index in [1.165, 1.54) is 5.39 Å². The lowest BCUT2D eigenvalue weighted by molar-refractivity contribution is 1.07. The van der Waals surface area contributed by atoms with Crippen LogP contribution in [0.5, 0.6) is 0 Å². The van der Waals surface area contributed by atoms with E-state index < -0.39 is 0 Å². The molecule has 0 N–H and O–H groups in total. The highest BCUT2D eigenvalue weighted by Crippen LogP contribution is 2.38. The van der Waals surface area contributed by atoms with Crippen LogP contribution in [0.15, 0.2) is 225 Å². The van der Waals surface area contributed by atoms with Crippen LogP contribution >= 0.6 is 0 Å². The van der Waals surface area contributed by atoms with Crippen LogP contribution in [0.1, 0.15) is 0 Å². The van der Waals surface area contributed by atoms with E-state index in [2.05, 4.69) is 114 Å². The Morgan fingerprint density at radius 1 is 0.219 bits per heavy atom. The zero-order valence-electron chi connectivity index (χ0n) is 34.5. The van der Waals surface area contributed by atoms with Crippen LogP contribution in [-0.4, -0.2) is 34.9 Å². The number of benzene rings is 8. The molecule has 0 saturated carbocycles. The molecule has 0 aliphatic carbocycles. The molecular weight excluding hydrogens is 783 g/mol. The van der Waals surface area contributed by atoms with Gasteiger partial charge in [-0.3, -0.25) is 4.98 Å². The normalized spacial score (nSPS) is 11.1. The van der Waals surface area contributed by atoms with Crippen molar-refractivity contribution in [2.45, 2.75) is 0 Å². The third-order valence-corrected chi connectivity index (χ3v) is 11.3. The number of hydrogen-bond donors (Lipinski definition) is 0. The molecule has 0 radical (unpaired) electrons. The maximum Gasteiger partial charge on any atom is 0.164 e. The molecule has 8 aromatic carbocycles. The van der Waals surface area contributed by atoms with E-state index in [0.717, 1.165) is 72.1 Å². The van der Waals surface area contributed by atoms with Crippen molar-refractivity contribution in [3.05, 3.63) is 225 Å². The fourth-order valence-corrected chi connectivity index (χ4v) is 8.00. The summed E-state index contributed by atoms with van der Waals surface area (Å²) in [5.74, 6) is 3.66. The highest BCUT2D eigenvalue weighted by Gasteiger charge is 2.18. The largest absolute Gasteiger partial charge is 0.264 e. The smallest absolute Gasteiger partial charge is 0.164 e. The molecule has 300 valence electrons. The van der Waals surface area contributed by atoms with Crippen LogP contribution in [0, 0.1) is 0 Å². The van der Waals surface area contributed by atoms with Gasteiger partial charge >= 0.3 is 0 Å². The molecule has 11 rings (SSSR count). The summed E-state index contributed by atoms with van der Waals surface area (Å²) in [6, 6.07) is 72.4. The fraction of sp³-hybridized carbons (Fsp3) is 0. The summed E-state index contributed by atoms with van der Waals surface area (Å²) in [7, 11) is 0. The maximum atomic E-state index is 5.10. The monoisotopic (exact) mass is 819 g/mol. The molecule has 0 atom stereocenters. The molecule has 0 amide bonds. The average Bonchev–Trinajstić information content (AvgIpc) is 3.39. The number of pyridine rings is 1. The lowest BCUT2D eigenvalue weighted by Gasteiger charge is -2.15. The zero-order valence-corrected chi connectivity index (χ0v) is 34.5. The van der Waals surface area contributed by atoms with E-state index >= 15 is 0 Å². The molecule has 7 heteroatoms. The van der Waals surface area contributed by atoms with Gasteiger partial charge in [0.25, 0.3) is 0 Å². The number of fused-ring (bicyclic) bond motifs is 1. The van der Waals surface area contributed by atoms with Gasteiger partial charge < -0.3 is 0 Å². The van der Waals surface area contributed by atoms with Crippen molar-refractivity contribution >= 4 is 10.8 Å².